The van der Waals surface area contributed by atoms with Crippen molar-refractivity contribution in [3.63, 3.8) is 0 Å². The van der Waals surface area contributed by atoms with Crippen LogP contribution in [0.3, 0.4) is 0 Å². The molecule has 1 N–H and O–H groups in total. The number of halogens is 2. The second kappa shape index (κ2) is 5.54. The second-order valence-corrected chi connectivity index (χ2v) is 5.72. The van der Waals surface area contributed by atoms with E-state index in [1.807, 2.05) is 19.1 Å². The van der Waals surface area contributed by atoms with E-state index in [0.717, 1.165) is 17.8 Å². The lowest BCUT2D eigenvalue weighted by molar-refractivity contribution is 0.577. The van der Waals surface area contributed by atoms with Crippen LogP contribution in [-0.2, 0) is 13.1 Å². The molecule has 5 heteroatoms. The van der Waals surface area contributed by atoms with Crippen LogP contribution >= 0.6 is 11.6 Å². The molecule has 0 radical (unpaired) electrons. The van der Waals surface area contributed by atoms with E-state index in [-0.39, 0.29) is 5.82 Å². The van der Waals surface area contributed by atoms with Crippen LogP contribution in [0.4, 0.5) is 4.39 Å². The number of benzene rings is 1. The average molecular weight is 294 g/mol. The normalized spacial score (nSPS) is 14.8. The molecule has 1 aromatic carbocycles. The number of hydrogen-bond donors (Lipinski definition) is 1. The fourth-order valence-electron chi connectivity index (χ4n) is 2.15. The van der Waals surface area contributed by atoms with Crippen LogP contribution in [0.5, 0.6) is 0 Å². The number of rotatable bonds is 5. The third-order valence-electron chi connectivity index (χ3n) is 3.65. The van der Waals surface area contributed by atoms with E-state index in [4.69, 9.17) is 11.6 Å². The second-order valence-electron chi connectivity index (χ2n) is 5.32. The van der Waals surface area contributed by atoms with Gasteiger partial charge in [0.05, 0.1) is 23.5 Å². The van der Waals surface area contributed by atoms with E-state index in [1.165, 1.54) is 18.9 Å². The van der Waals surface area contributed by atoms with Gasteiger partial charge in [0, 0.05) is 18.2 Å². The molecule has 0 unspecified atom stereocenters. The lowest BCUT2D eigenvalue weighted by Gasteiger charge is -2.09. The van der Waals surface area contributed by atoms with Gasteiger partial charge in [0.25, 0.3) is 0 Å². The first kappa shape index (κ1) is 13.6. The lowest BCUT2D eigenvalue weighted by Crippen LogP contribution is -2.15. The highest BCUT2D eigenvalue weighted by atomic mass is 35.5. The highest BCUT2D eigenvalue weighted by molar-refractivity contribution is 6.31. The van der Waals surface area contributed by atoms with Crippen LogP contribution in [0.2, 0.25) is 5.02 Å². The minimum Gasteiger partial charge on any atom is -0.310 e. The van der Waals surface area contributed by atoms with Gasteiger partial charge in [-0.2, -0.15) is 5.10 Å². The van der Waals surface area contributed by atoms with Crippen molar-refractivity contribution in [2.45, 2.75) is 38.9 Å². The molecule has 0 amide bonds. The molecule has 0 spiro atoms. The zero-order valence-electron chi connectivity index (χ0n) is 11.4. The van der Waals surface area contributed by atoms with Crippen molar-refractivity contribution in [3.05, 3.63) is 52.1 Å². The zero-order valence-corrected chi connectivity index (χ0v) is 12.1. The third-order valence-corrected chi connectivity index (χ3v) is 4.02. The van der Waals surface area contributed by atoms with Gasteiger partial charge in [-0.05, 0) is 37.5 Å². The van der Waals surface area contributed by atoms with Crippen molar-refractivity contribution in [1.82, 2.24) is 15.1 Å². The van der Waals surface area contributed by atoms with Crippen LogP contribution < -0.4 is 5.32 Å². The van der Waals surface area contributed by atoms with E-state index in [1.54, 1.807) is 10.9 Å². The number of aromatic nitrogens is 2. The molecule has 1 fully saturated rings. The summed E-state index contributed by atoms with van der Waals surface area (Å²) in [6.45, 7) is 3.07. The average Bonchev–Trinajstić information content (AvgIpc) is 3.21. The maximum absolute atomic E-state index is 13.9. The highest BCUT2D eigenvalue weighted by Crippen LogP contribution is 2.20. The van der Waals surface area contributed by atoms with E-state index >= 15 is 0 Å². The summed E-state index contributed by atoms with van der Waals surface area (Å²) in [5, 5.41) is 8.21. The molecule has 3 rings (SSSR count). The van der Waals surface area contributed by atoms with E-state index in [0.29, 0.717) is 23.2 Å². The predicted molar refractivity (Wildman–Crippen MR) is 77.3 cm³/mol. The molecule has 0 aliphatic heterocycles. The van der Waals surface area contributed by atoms with Gasteiger partial charge in [0.1, 0.15) is 5.82 Å². The molecule has 3 nitrogen and oxygen atoms in total. The Balaban J connectivity index is 1.76. The topological polar surface area (TPSA) is 29.9 Å². The molecule has 0 saturated heterocycles. The summed E-state index contributed by atoms with van der Waals surface area (Å²) in [4.78, 5) is 0. The summed E-state index contributed by atoms with van der Waals surface area (Å²) in [6, 6.07) is 5.91. The fraction of sp³-hybridized carbons (Fsp3) is 0.400. The largest absolute Gasteiger partial charge is 0.310 e. The van der Waals surface area contributed by atoms with E-state index in [2.05, 4.69) is 10.4 Å². The van der Waals surface area contributed by atoms with Gasteiger partial charge in [-0.3, -0.25) is 4.68 Å². The van der Waals surface area contributed by atoms with Crippen molar-refractivity contribution >= 4 is 11.6 Å². The van der Waals surface area contributed by atoms with Crippen LogP contribution in [0, 0.1) is 12.7 Å². The highest BCUT2D eigenvalue weighted by Gasteiger charge is 2.20. The minimum absolute atomic E-state index is 0.203. The van der Waals surface area contributed by atoms with E-state index < -0.39 is 0 Å². The molecular formula is C15H17ClFN3. The summed E-state index contributed by atoms with van der Waals surface area (Å²) < 4.78 is 15.6. The number of nitrogens with zero attached hydrogens (tertiary/aromatic N) is 2. The molecule has 1 aliphatic rings. The first-order valence-corrected chi connectivity index (χ1v) is 7.20. The molecule has 2 aromatic rings. The van der Waals surface area contributed by atoms with Gasteiger partial charge in [-0.1, -0.05) is 17.7 Å². The van der Waals surface area contributed by atoms with Crippen LogP contribution in [0.1, 0.15) is 29.7 Å². The Labute approximate surface area is 122 Å². The molecule has 1 aliphatic carbocycles. The Hall–Kier alpha value is -1.39. The van der Waals surface area contributed by atoms with Crippen LogP contribution in [0.25, 0.3) is 0 Å². The minimum atomic E-state index is -0.203. The molecule has 1 aromatic heterocycles. The molecule has 0 bridgehead atoms. The predicted octanol–water partition coefficient (Wildman–Crippen LogP) is 3.28. The number of nitrogens with one attached hydrogen (secondary N) is 1. The van der Waals surface area contributed by atoms with E-state index in [9.17, 15) is 4.39 Å². The van der Waals surface area contributed by atoms with Gasteiger partial charge in [-0.25, -0.2) is 4.39 Å². The Morgan fingerprint density at radius 3 is 2.90 bits per heavy atom. The zero-order chi connectivity index (χ0) is 14.1. The van der Waals surface area contributed by atoms with Gasteiger partial charge < -0.3 is 5.32 Å². The van der Waals surface area contributed by atoms with Crippen molar-refractivity contribution in [2.75, 3.05) is 0 Å². The Morgan fingerprint density at radius 2 is 2.25 bits per heavy atom. The van der Waals surface area contributed by atoms with Gasteiger partial charge in [0.15, 0.2) is 0 Å². The molecule has 0 atom stereocenters. The van der Waals surface area contributed by atoms with Crippen molar-refractivity contribution in [3.8, 4) is 0 Å². The summed E-state index contributed by atoms with van der Waals surface area (Å²) in [7, 11) is 0. The number of hydrogen-bond acceptors (Lipinski definition) is 2. The maximum atomic E-state index is 13.9. The molecule has 1 saturated carbocycles. The quantitative estimate of drug-likeness (QED) is 0.917. The monoisotopic (exact) mass is 293 g/mol. The molecule has 20 heavy (non-hydrogen) atoms. The summed E-state index contributed by atoms with van der Waals surface area (Å²) in [6.07, 6.45) is 4.09. The SMILES string of the molecule is Cc1c(Cl)cnn1Cc1cc(CNC2CC2)ccc1F. The maximum Gasteiger partial charge on any atom is 0.128 e. The van der Waals surface area contributed by atoms with Crippen molar-refractivity contribution in [1.29, 1.82) is 0 Å². The van der Waals surface area contributed by atoms with Gasteiger partial charge in [0.2, 0.25) is 0 Å². The molecular weight excluding hydrogens is 277 g/mol. The first-order valence-electron chi connectivity index (χ1n) is 6.82. The third kappa shape index (κ3) is 3.02. The Morgan fingerprint density at radius 1 is 1.45 bits per heavy atom. The van der Waals surface area contributed by atoms with Gasteiger partial charge >= 0.3 is 0 Å². The molecule has 1 heterocycles. The van der Waals surface area contributed by atoms with Crippen molar-refractivity contribution in [2.24, 2.45) is 0 Å². The Bertz CT molecular complexity index is 620. The standard InChI is InChI=1S/C15H17ClFN3/c1-10-14(16)8-19-20(10)9-12-6-11(2-5-15(12)17)7-18-13-3-4-13/h2,5-6,8,13,18H,3-4,7,9H2,1H3. The molecule has 106 valence electrons. The van der Waals surface area contributed by atoms with Gasteiger partial charge in [-0.15, -0.1) is 0 Å². The van der Waals surface area contributed by atoms with Crippen LogP contribution in [0.15, 0.2) is 24.4 Å². The summed E-state index contributed by atoms with van der Waals surface area (Å²) >= 11 is 5.97. The summed E-state index contributed by atoms with van der Waals surface area (Å²) in [5.41, 5.74) is 2.60. The summed E-state index contributed by atoms with van der Waals surface area (Å²) in [5.74, 6) is -0.203. The van der Waals surface area contributed by atoms with Crippen molar-refractivity contribution < 1.29 is 4.39 Å². The first-order chi connectivity index (χ1) is 9.63. The Kier molecular flexibility index (Phi) is 3.76. The fourth-order valence-corrected chi connectivity index (χ4v) is 2.29. The smallest absolute Gasteiger partial charge is 0.128 e. The van der Waals surface area contributed by atoms with Crippen LogP contribution in [-0.4, -0.2) is 15.8 Å². The lowest BCUT2D eigenvalue weighted by atomic mass is 10.1.